The van der Waals surface area contributed by atoms with Gasteiger partial charge in [0, 0.05) is 7.05 Å². The number of ether oxygens (including phenoxy) is 1. The molecule has 0 fully saturated rings. The first kappa shape index (κ1) is 14.7. The largest absolute Gasteiger partial charge is 0.504 e. The average molecular weight is 305 g/mol. The number of benzene rings is 2. The van der Waals surface area contributed by atoms with Crippen LogP contribution in [0.1, 0.15) is 11.4 Å². The van der Waals surface area contributed by atoms with Crippen molar-refractivity contribution in [3.8, 4) is 17.6 Å². The van der Waals surface area contributed by atoms with Crippen LogP contribution in [0.2, 0.25) is 0 Å². The lowest BCUT2D eigenvalue weighted by Crippen LogP contribution is -1.96. The Morgan fingerprint density at radius 3 is 2.78 bits per heavy atom. The number of aromatic nitrogens is 2. The molecule has 1 heterocycles. The molecule has 0 aliphatic rings. The van der Waals surface area contributed by atoms with E-state index in [1.807, 2.05) is 35.9 Å². The van der Waals surface area contributed by atoms with Crippen LogP contribution < -0.4 is 4.74 Å². The Bertz CT molecular complexity index is 949. The summed E-state index contributed by atoms with van der Waals surface area (Å²) in [5, 5.41) is 19.2. The van der Waals surface area contributed by atoms with E-state index in [-0.39, 0.29) is 5.75 Å². The number of imidazole rings is 1. The summed E-state index contributed by atoms with van der Waals surface area (Å²) in [6.07, 6.45) is 1.73. The molecule has 0 unspecified atom stereocenters. The fourth-order valence-electron chi connectivity index (χ4n) is 2.48. The number of rotatable bonds is 3. The number of methoxy groups -OCH3 is 1. The molecule has 23 heavy (non-hydrogen) atoms. The quantitative estimate of drug-likeness (QED) is 0.753. The topological polar surface area (TPSA) is 71.1 Å². The van der Waals surface area contributed by atoms with Gasteiger partial charge >= 0.3 is 0 Å². The highest BCUT2D eigenvalue weighted by Crippen LogP contribution is 2.28. The van der Waals surface area contributed by atoms with Gasteiger partial charge in [0.2, 0.25) is 0 Å². The van der Waals surface area contributed by atoms with Crippen LogP contribution in [-0.2, 0) is 7.05 Å². The maximum atomic E-state index is 9.66. The number of nitriles is 1. The molecule has 0 atom stereocenters. The number of nitrogens with zero attached hydrogens (tertiary/aromatic N) is 3. The van der Waals surface area contributed by atoms with Crippen LogP contribution >= 0.6 is 0 Å². The Morgan fingerprint density at radius 1 is 1.30 bits per heavy atom. The van der Waals surface area contributed by atoms with Gasteiger partial charge in [0.15, 0.2) is 17.3 Å². The van der Waals surface area contributed by atoms with Crippen LogP contribution in [-0.4, -0.2) is 21.8 Å². The lowest BCUT2D eigenvalue weighted by atomic mass is 10.1. The number of hydrogen-bond donors (Lipinski definition) is 1. The highest BCUT2D eigenvalue weighted by atomic mass is 16.5. The molecule has 0 radical (unpaired) electrons. The van der Waals surface area contributed by atoms with Crippen molar-refractivity contribution in [1.82, 2.24) is 9.55 Å². The number of fused-ring (bicyclic) bond motifs is 1. The smallest absolute Gasteiger partial charge is 0.161 e. The predicted molar refractivity (Wildman–Crippen MR) is 88.9 cm³/mol. The maximum Gasteiger partial charge on any atom is 0.161 e. The second-order valence-corrected chi connectivity index (χ2v) is 5.08. The summed E-state index contributed by atoms with van der Waals surface area (Å²) in [7, 11) is 3.37. The summed E-state index contributed by atoms with van der Waals surface area (Å²) in [5.41, 5.74) is 3.00. The standard InChI is InChI=1S/C18H15N3O2/c1-21-15-6-4-3-5-14(15)20-18(21)13(11-19)9-12-7-8-16(22)17(10-12)23-2/h3-10,22H,1-2H3. The van der Waals surface area contributed by atoms with Crippen molar-refractivity contribution in [2.75, 3.05) is 7.11 Å². The van der Waals surface area contributed by atoms with Gasteiger partial charge in [-0.25, -0.2) is 4.98 Å². The molecule has 0 spiro atoms. The van der Waals surface area contributed by atoms with Crippen molar-refractivity contribution < 1.29 is 9.84 Å². The van der Waals surface area contributed by atoms with E-state index < -0.39 is 0 Å². The third-order valence-electron chi connectivity index (χ3n) is 3.66. The second kappa shape index (κ2) is 5.85. The molecule has 5 nitrogen and oxygen atoms in total. The minimum absolute atomic E-state index is 0.0610. The number of phenols is 1. The van der Waals surface area contributed by atoms with Crippen LogP contribution in [0.5, 0.6) is 11.5 Å². The first-order chi connectivity index (χ1) is 11.1. The maximum absolute atomic E-state index is 9.66. The second-order valence-electron chi connectivity index (χ2n) is 5.08. The van der Waals surface area contributed by atoms with Crippen LogP contribution in [0.4, 0.5) is 0 Å². The summed E-state index contributed by atoms with van der Waals surface area (Å²) in [6, 6.07) is 14.9. The molecule has 3 aromatic rings. The molecule has 0 amide bonds. The molecule has 0 bridgehead atoms. The van der Waals surface area contributed by atoms with Crippen LogP contribution in [0.3, 0.4) is 0 Å². The van der Waals surface area contributed by atoms with Gasteiger partial charge < -0.3 is 14.4 Å². The molecular weight excluding hydrogens is 290 g/mol. The van der Waals surface area contributed by atoms with Gasteiger partial charge in [0.25, 0.3) is 0 Å². The SMILES string of the molecule is COc1cc(C=C(C#N)c2nc3ccccc3n2C)ccc1O. The predicted octanol–water partition coefficient (Wildman–Crippen LogP) is 3.35. The molecule has 0 saturated carbocycles. The third kappa shape index (κ3) is 2.62. The molecule has 0 saturated heterocycles. The lowest BCUT2D eigenvalue weighted by molar-refractivity contribution is 0.373. The Balaban J connectivity index is 2.11. The molecule has 1 aromatic heterocycles. The van der Waals surface area contributed by atoms with Crippen molar-refractivity contribution in [2.24, 2.45) is 7.05 Å². The molecular formula is C18H15N3O2. The van der Waals surface area contributed by atoms with Crippen molar-refractivity contribution in [3.63, 3.8) is 0 Å². The van der Waals surface area contributed by atoms with Gasteiger partial charge in [0.1, 0.15) is 6.07 Å². The van der Waals surface area contributed by atoms with Gasteiger partial charge in [-0.05, 0) is 35.9 Å². The van der Waals surface area contributed by atoms with Crippen molar-refractivity contribution in [1.29, 1.82) is 5.26 Å². The Kier molecular flexibility index (Phi) is 3.73. The summed E-state index contributed by atoms with van der Waals surface area (Å²) >= 11 is 0. The molecule has 2 aromatic carbocycles. The van der Waals surface area contributed by atoms with Gasteiger partial charge in [0.05, 0.1) is 23.7 Å². The van der Waals surface area contributed by atoms with Gasteiger partial charge in [-0.15, -0.1) is 0 Å². The fraction of sp³-hybridized carbons (Fsp3) is 0.111. The fourth-order valence-corrected chi connectivity index (χ4v) is 2.48. The summed E-state index contributed by atoms with van der Waals surface area (Å²) < 4.78 is 6.99. The highest BCUT2D eigenvalue weighted by Gasteiger charge is 2.12. The minimum Gasteiger partial charge on any atom is -0.504 e. The van der Waals surface area contributed by atoms with Crippen molar-refractivity contribution in [3.05, 3.63) is 53.9 Å². The number of hydrogen-bond acceptors (Lipinski definition) is 4. The minimum atomic E-state index is 0.0610. The normalized spacial score (nSPS) is 11.4. The zero-order chi connectivity index (χ0) is 16.4. The molecule has 3 rings (SSSR count). The Morgan fingerprint density at radius 2 is 2.09 bits per heavy atom. The Hall–Kier alpha value is -3.26. The Labute approximate surface area is 133 Å². The number of aromatic hydroxyl groups is 1. The van der Waals surface area contributed by atoms with E-state index >= 15 is 0 Å². The van der Waals surface area contributed by atoms with Crippen LogP contribution in [0, 0.1) is 11.3 Å². The number of phenolic OH excluding ortho intramolecular Hbond substituents is 1. The van der Waals surface area contributed by atoms with Crippen molar-refractivity contribution >= 4 is 22.7 Å². The summed E-state index contributed by atoms with van der Waals surface area (Å²) in [4.78, 5) is 4.53. The first-order valence-corrected chi connectivity index (χ1v) is 7.04. The van der Waals surface area contributed by atoms with E-state index in [0.717, 1.165) is 16.6 Å². The molecule has 114 valence electrons. The van der Waals surface area contributed by atoms with Gasteiger partial charge in [-0.1, -0.05) is 18.2 Å². The molecule has 1 N–H and O–H groups in total. The molecule has 0 aliphatic carbocycles. The number of para-hydroxylation sites is 2. The van der Waals surface area contributed by atoms with Crippen LogP contribution in [0.15, 0.2) is 42.5 Å². The number of allylic oxidation sites excluding steroid dienone is 1. The van der Waals surface area contributed by atoms with Gasteiger partial charge in [-0.2, -0.15) is 5.26 Å². The van der Waals surface area contributed by atoms with Crippen LogP contribution in [0.25, 0.3) is 22.7 Å². The van der Waals surface area contributed by atoms with E-state index in [1.165, 1.54) is 13.2 Å². The van der Waals surface area contributed by atoms with E-state index in [4.69, 9.17) is 4.74 Å². The first-order valence-electron chi connectivity index (χ1n) is 7.04. The van der Waals surface area contributed by atoms with E-state index in [1.54, 1.807) is 18.2 Å². The highest BCUT2D eigenvalue weighted by molar-refractivity contribution is 5.91. The zero-order valence-electron chi connectivity index (χ0n) is 12.8. The van der Waals surface area contributed by atoms with E-state index in [2.05, 4.69) is 11.1 Å². The monoisotopic (exact) mass is 305 g/mol. The number of aryl methyl sites for hydroxylation is 1. The molecule has 5 heteroatoms. The summed E-state index contributed by atoms with van der Waals surface area (Å²) in [6.45, 7) is 0. The third-order valence-corrected chi connectivity index (χ3v) is 3.66. The van der Waals surface area contributed by atoms with Gasteiger partial charge in [-0.3, -0.25) is 0 Å². The van der Waals surface area contributed by atoms with E-state index in [9.17, 15) is 10.4 Å². The van der Waals surface area contributed by atoms with Crippen molar-refractivity contribution in [2.45, 2.75) is 0 Å². The molecule has 0 aliphatic heterocycles. The lowest BCUT2D eigenvalue weighted by Gasteiger charge is -2.05. The van der Waals surface area contributed by atoms with E-state index in [0.29, 0.717) is 17.1 Å². The summed E-state index contributed by atoms with van der Waals surface area (Å²) in [5.74, 6) is 1.02. The zero-order valence-corrected chi connectivity index (χ0v) is 12.8. The average Bonchev–Trinajstić information content (AvgIpc) is 2.91.